The summed E-state index contributed by atoms with van der Waals surface area (Å²) in [5.41, 5.74) is 4.86. The maximum Gasteiger partial charge on any atom is 0.326 e. The van der Waals surface area contributed by atoms with Crippen LogP contribution in [-0.4, -0.2) is 48.4 Å². The Morgan fingerprint density at radius 3 is 2.60 bits per heavy atom. The lowest BCUT2D eigenvalue weighted by molar-refractivity contribution is 0.0785. The zero-order valence-corrected chi connectivity index (χ0v) is 18.0. The van der Waals surface area contributed by atoms with Crippen LogP contribution in [0.25, 0.3) is 11.0 Å². The lowest BCUT2D eigenvalue weighted by Crippen LogP contribution is -2.27. The molecule has 0 unspecified atom stereocenters. The van der Waals surface area contributed by atoms with Crippen molar-refractivity contribution < 1.29 is 9.90 Å². The van der Waals surface area contributed by atoms with Crippen molar-refractivity contribution >= 4 is 16.9 Å². The molecule has 3 aromatic rings. The summed E-state index contributed by atoms with van der Waals surface area (Å²) in [7, 11) is 3.68. The Labute approximate surface area is 175 Å². The number of imidazole rings is 1. The Morgan fingerprint density at radius 2 is 1.97 bits per heavy atom. The molecule has 30 heavy (non-hydrogen) atoms. The lowest BCUT2D eigenvalue weighted by Gasteiger charge is -2.26. The number of benzene rings is 1. The van der Waals surface area contributed by atoms with Crippen LogP contribution in [-0.2, 0) is 13.6 Å². The predicted octanol–water partition coefficient (Wildman–Crippen LogP) is 2.43. The Morgan fingerprint density at radius 1 is 1.27 bits per heavy atom. The van der Waals surface area contributed by atoms with Gasteiger partial charge in [0.15, 0.2) is 0 Å². The largest absolute Gasteiger partial charge is 0.393 e. The first-order valence-corrected chi connectivity index (χ1v) is 10.4. The summed E-state index contributed by atoms with van der Waals surface area (Å²) < 4.78 is 3.61. The zero-order valence-electron chi connectivity index (χ0n) is 18.0. The highest BCUT2D eigenvalue weighted by Crippen LogP contribution is 2.30. The highest BCUT2D eigenvalue weighted by atomic mass is 16.3. The van der Waals surface area contributed by atoms with Crippen molar-refractivity contribution in [1.29, 1.82) is 0 Å². The monoisotopic (exact) mass is 411 g/mol. The number of aryl methyl sites for hydroxylation is 2. The molecule has 0 bridgehead atoms. The molecule has 0 aliphatic heterocycles. The fourth-order valence-corrected chi connectivity index (χ4v) is 4.52. The van der Waals surface area contributed by atoms with Gasteiger partial charge in [0.2, 0.25) is 0 Å². The van der Waals surface area contributed by atoms with Gasteiger partial charge in [-0.25, -0.2) is 4.79 Å². The van der Waals surface area contributed by atoms with Gasteiger partial charge in [-0.1, -0.05) is 0 Å². The van der Waals surface area contributed by atoms with Gasteiger partial charge < -0.3 is 15.0 Å². The number of aromatic nitrogens is 4. The van der Waals surface area contributed by atoms with Crippen molar-refractivity contribution in [3.05, 3.63) is 51.2 Å². The molecular weight excluding hydrogens is 382 g/mol. The second-order valence-electron chi connectivity index (χ2n) is 8.43. The van der Waals surface area contributed by atoms with Gasteiger partial charge >= 0.3 is 5.69 Å². The SMILES string of the molecule is Cc1nn(C)c(C)c1CN(C)C(=O)c1ccc2c(c1)[nH]c(=O)n2C1CCC(O)CC1. The van der Waals surface area contributed by atoms with E-state index in [9.17, 15) is 14.7 Å². The van der Waals surface area contributed by atoms with Gasteiger partial charge in [0.1, 0.15) is 0 Å². The molecule has 2 N–H and O–H groups in total. The summed E-state index contributed by atoms with van der Waals surface area (Å²) in [5, 5.41) is 14.2. The maximum absolute atomic E-state index is 13.0. The summed E-state index contributed by atoms with van der Waals surface area (Å²) in [6.45, 7) is 4.42. The summed E-state index contributed by atoms with van der Waals surface area (Å²) in [5.74, 6) is -0.103. The minimum Gasteiger partial charge on any atom is -0.393 e. The number of nitrogens with one attached hydrogen (secondary N) is 1. The second-order valence-corrected chi connectivity index (χ2v) is 8.43. The first kappa shape index (κ1) is 20.4. The third-order valence-corrected chi connectivity index (χ3v) is 6.40. The molecule has 1 amide bonds. The lowest BCUT2D eigenvalue weighted by atomic mass is 9.93. The quantitative estimate of drug-likeness (QED) is 0.689. The number of H-pyrrole nitrogens is 1. The molecule has 4 rings (SSSR count). The van der Waals surface area contributed by atoms with Crippen molar-refractivity contribution in [3.63, 3.8) is 0 Å². The van der Waals surface area contributed by atoms with E-state index in [0.29, 0.717) is 30.5 Å². The molecule has 2 aromatic heterocycles. The van der Waals surface area contributed by atoms with Crippen LogP contribution in [0, 0.1) is 13.8 Å². The number of carbonyl (C=O) groups excluding carboxylic acids is 1. The van der Waals surface area contributed by atoms with Crippen LogP contribution in [0.1, 0.15) is 59.0 Å². The van der Waals surface area contributed by atoms with Gasteiger partial charge in [-0.05, 0) is 57.7 Å². The Hall–Kier alpha value is -2.87. The average molecular weight is 412 g/mol. The number of hydrogen-bond donors (Lipinski definition) is 2. The highest BCUT2D eigenvalue weighted by Gasteiger charge is 2.24. The fourth-order valence-electron chi connectivity index (χ4n) is 4.52. The number of amides is 1. The first-order chi connectivity index (χ1) is 14.3. The molecule has 0 atom stereocenters. The van der Waals surface area contributed by atoms with E-state index in [1.807, 2.05) is 31.6 Å². The number of aliphatic hydroxyl groups excluding tert-OH is 1. The van der Waals surface area contributed by atoms with Gasteiger partial charge in [0, 0.05) is 43.5 Å². The van der Waals surface area contributed by atoms with Gasteiger partial charge in [-0.3, -0.25) is 14.0 Å². The molecule has 0 radical (unpaired) electrons. The second kappa shape index (κ2) is 7.75. The first-order valence-electron chi connectivity index (χ1n) is 10.4. The Balaban J connectivity index is 1.59. The molecular formula is C22H29N5O3. The van der Waals surface area contributed by atoms with Crippen molar-refractivity contribution in [2.45, 2.75) is 58.2 Å². The fraction of sp³-hybridized carbons (Fsp3) is 0.500. The van der Waals surface area contributed by atoms with E-state index in [2.05, 4.69) is 10.1 Å². The number of fused-ring (bicyclic) bond motifs is 1. The van der Waals surface area contributed by atoms with Crippen molar-refractivity contribution in [3.8, 4) is 0 Å². The number of hydrogen-bond acceptors (Lipinski definition) is 4. The Bertz CT molecular complexity index is 1150. The third kappa shape index (κ3) is 3.56. The summed E-state index contributed by atoms with van der Waals surface area (Å²) >= 11 is 0. The highest BCUT2D eigenvalue weighted by molar-refractivity contribution is 5.97. The number of aliphatic hydroxyl groups is 1. The molecule has 1 aliphatic rings. The van der Waals surface area contributed by atoms with Crippen LogP contribution in [0.15, 0.2) is 23.0 Å². The molecule has 8 heteroatoms. The van der Waals surface area contributed by atoms with Crippen LogP contribution >= 0.6 is 0 Å². The number of carbonyl (C=O) groups is 1. The normalized spacial score (nSPS) is 19.4. The van der Waals surface area contributed by atoms with Crippen molar-refractivity contribution in [2.75, 3.05) is 7.05 Å². The summed E-state index contributed by atoms with van der Waals surface area (Å²) in [6.07, 6.45) is 2.70. The molecule has 1 saturated carbocycles. The zero-order chi connectivity index (χ0) is 21.6. The summed E-state index contributed by atoms with van der Waals surface area (Å²) in [4.78, 5) is 30.2. The molecule has 1 fully saturated rings. The third-order valence-electron chi connectivity index (χ3n) is 6.40. The molecule has 2 heterocycles. The van der Waals surface area contributed by atoms with Crippen LogP contribution in [0.5, 0.6) is 0 Å². The van der Waals surface area contributed by atoms with Gasteiger partial charge in [0.05, 0.1) is 22.8 Å². The average Bonchev–Trinajstić information content (AvgIpc) is 3.17. The smallest absolute Gasteiger partial charge is 0.326 e. The van der Waals surface area contributed by atoms with Gasteiger partial charge in [0.25, 0.3) is 5.91 Å². The van der Waals surface area contributed by atoms with Crippen LogP contribution in [0.2, 0.25) is 0 Å². The summed E-state index contributed by atoms with van der Waals surface area (Å²) in [6, 6.07) is 5.47. The van der Waals surface area contributed by atoms with E-state index < -0.39 is 0 Å². The molecule has 0 saturated heterocycles. The van der Waals surface area contributed by atoms with Crippen LogP contribution in [0.4, 0.5) is 0 Å². The molecule has 1 aliphatic carbocycles. The molecule has 1 aromatic carbocycles. The standard InChI is InChI=1S/C22H29N5O3/c1-13-18(14(2)26(4)24-13)12-25(3)21(29)15-5-10-20-19(11-15)23-22(30)27(20)16-6-8-17(28)9-7-16/h5,10-11,16-17,28H,6-9,12H2,1-4H3,(H,23,30). The van der Waals surface area contributed by atoms with Crippen LogP contribution in [0.3, 0.4) is 0 Å². The van der Waals surface area contributed by atoms with Gasteiger partial charge in [-0.2, -0.15) is 5.10 Å². The molecule has 160 valence electrons. The van der Waals surface area contributed by atoms with Crippen molar-refractivity contribution in [1.82, 2.24) is 24.2 Å². The molecule has 0 spiro atoms. The van der Waals surface area contributed by atoms with Crippen molar-refractivity contribution in [2.24, 2.45) is 7.05 Å². The number of nitrogens with zero attached hydrogens (tertiary/aromatic N) is 4. The molecule has 8 nitrogen and oxygen atoms in total. The van der Waals surface area contributed by atoms with E-state index >= 15 is 0 Å². The van der Waals surface area contributed by atoms with E-state index in [-0.39, 0.29) is 23.7 Å². The predicted molar refractivity (Wildman–Crippen MR) is 115 cm³/mol. The van der Waals surface area contributed by atoms with E-state index in [4.69, 9.17) is 0 Å². The number of rotatable bonds is 4. The minimum absolute atomic E-state index is 0.0791. The maximum atomic E-state index is 13.0. The minimum atomic E-state index is -0.269. The van der Waals surface area contributed by atoms with E-state index in [1.165, 1.54) is 0 Å². The topological polar surface area (TPSA) is 96.2 Å². The van der Waals surface area contributed by atoms with Crippen LogP contribution < -0.4 is 5.69 Å². The van der Waals surface area contributed by atoms with Gasteiger partial charge in [-0.15, -0.1) is 0 Å². The Kier molecular flexibility index (Phi) is 5.27. The number of aromatic amines is 1. The van der Waals surface area contributed by atoms with E-state index in [0.717, 1.165) is 35.3 Å². The van der Waals surface area contributed by atoms with E-state index in [1.54, 1.807) is 28.6 Å².